The van der Waals surface area contributed by atoms with Crippen molar-refractivity contribution >= 4 is 39.9 Å². The molecule has 0 saturated carbocycles. The molecule has 11 heteroatoms. The minimum atomic E-state index is -1.46. The predicted octanol–water partition coefficient (Wildman–Crippen LogP) is 2.96. The van der Waals surface area contributed by atoms with Gasteiger partial charge in [-0.2, -0.15) is 0 Å². The van der Waals surface area contributed by atoms with Crippen molar-refractivity contribution in [2.24, 2.45) is 22.2 Å². The van der Waals surface area contributed by atoms with Gasteiger partial charge in [0.25, 0.3) is 5.91 Å². The van der Waals surface area contributed by atoms with Crippen molar-refractivity contribution < 1.29 is 13.7 Å². The molecule has 1 aliphatic heterocycles. The third-order valence-electron chi connectivity index (χ3n) is 4.62. The summed E-state index contributed by atoms with van der Waals surface area (Å²) in [6, 6.07) is 4.26. The van der Waals surface area contributed by atoms with Crippen LogP contribution in [-0.4, -0.2) is 29.9 Å². The molecule has 0 spiro atoms. The fraction of sp³-hybridized carbons (Fsp3) is 0.333. The predicted molar refractivity (Wildman–Crippen MR) is 127 cm³/mol. The van der Waals surface area contributed by atoms with Crippen LogP contribution in [0.2, 0.25) is 0 Å². The van der Waals surface area contributed by atoms with Crippen molar-refractivity contribution in [3.05, 3.63) is 64.6 Å². The fourth-order valence-corrected chi connectivity index (χ4v) is 4.13. The zero-order chi connectivity index (χ0) is 23.7. The maximum atomic E-state index is 14.6. The molecule has 1 aromatic heterocycles. The van der Waals surface area contributed by atoms with Gasteiger partial charge in [-0.25, -0.2) is 14.4 Å². The Balaban J connectivity index is 1.85. The standard InChI is InChI=1S/C21H25FN6O2S2/c1-20(2,3)32(30)27-17-11-24-16(12-28(17)5)18(29)25-13-6-7-15(22)14(10-13)21(4)8-9-31-19(23)26-21/h6-12H,1-5H3,(H2,23,26)(H,25,29)/t21-,32?/m0/s1. The SMILES string of the molecule is Cn1cc(C(=O)Nc2ccc(F)c([C@]3(C)C=CSC(N)=N3)c2)ncc1=N[S+]([O-])C(C)(C)C. The van der Waals surface area contributed by atoms with E-state index in [-0.39, 0.29) is 11.3 Å². The average molecular weight is 477 g/mol. The number of benzene rings is 1. The summed E-state index contributed by atoms with van der Waals surface area (Å²) in [4.78, 5) is 21.2. The molecule has 3 N–H and O–H groups in total. The highest BCUT2D eigenvalue weighted by Crippen LogP contribution is 2.35. The quantitative estimate of drug-likeness (QED) is 0.657. The second kappa shape index (κ2) is 9.08. The lowest BCUT2D eigenvalue weighted by molar-refractivity contribution is 0.102. The molecule has 0 saturated heterocycles. The Labute approximate surface area is 193 Å². The van der Waals surface area contributed by atoms with Crippen molar-refractivity contribution in [2.75, 3.05) is 5.32 Å². The van der Waals surface area contributed by atoms with Crippen LogP contribution in [0.15, 0.2) is 51.5 Å². The largest absolute Gasteiger partial charge is 0.591 e. The van der Waals surface area contributed by atoms with Crippen molar-refractivity contribution in [1.29, 1.82) is 0 Å². The molecule has 1 amide bonds. The molecule has 170 valence electrons. The number of nitrogens with two attached hydrogens (primary N) is 1. The number of amides is 1. The molecule has 1 unspecified atom stereocenters. The van der Waals surface area contributed by atoms with Crippen LogP contribution in [0, 0.1) is 5.82 Å². The van der Waals surface area contributed by atoms with E-state index in [0.29, 0.717) is 16.3 Å². The third-order valence-corrected chi connectivity index (χ3v) is 6.63. The smallest absolute Gasteiger partial charge is 0.275 e. The van der Waals surface area contributed by atoms with Crippen molar-refractivity contribution in [2.45, 2.75) is 38.0 Å². The molecule has 2 aromatic rings. The van der Waals surface area contributed by atoms with Gasteiger partial charge in [-0.05, 0) is 61.8 Å². The Morgan fingerprint density at radius 2 is 2.12 bits per heavy atom. The average Bonchev–Trinajstić information content (AvgIpc) is 2.69. The van der Waals surface area contributed by atoms with E-state index in [9.17, 15) is 13.7 Å². The number of rotatable bonds is 4. The summed E-state index contributed by atoms with van der Waals surface area (Å²) in [5.74, 6) is -0.939. The molecule has 1 aliphatic rings. The first-order chi connectivity index (χ1) is 14.9. The lowest BCUT2D eigenvalue weighted by Gasteiger charge is -2.26. The van der Waals surface area contributed by atoms with Gasteiger partial charge in [-0.15, -0.1) is 0 Å². The maximum Gasteiger partial charge on any atom is 0.275 e. The number of amidine groups is 1. The van der Waals surface area contributed by atoms with Crippen LogP contribution in [0.1, 0.15) is 43.7 Å². The van der Waals surface area contributed by atoms with Gasteiger partial charge >= 0.3 is 0 Å². The van der Waals surface area contributed by atoms with Gasteiger partial charge in [-0.3, -0.25) is 4.79 Å². The van der Waals surface area contributed by atoms with Crippen LogP contribution in [0.4, 0.5) is 10.1 Å². The monoisotopic (exact) mass is 476 g/mol. The van der Waals surface area contributed by atoms with E-state index in [1.54, 1.807) is 30.0 Å². The first-order valence-corrected chi connectivity index (χ1v) is 11.7. The molecule has 2 atom stereocenters. The topological polar surface area (TPSA) is 121 Å². The van der Waals surface area contributed by atoms with Crippen LogP contribution in [0.5, 0.6) is 0 Å². The zero-order valence-corrected chi connectivity index (χ0v) is 20.1. The number of aliphatic imine (C=N–C) groups is 1. The number of nitrogens with one attached hydrogen (secondary N) is 1. The van der Waals surface area contributed by atoms with Crippen LogP contribution >= 0.6 is 11.8 Å². The number of carbonyl (C=O) groups is 1. The molecule has 0 fully saturated rings. The van der Waals surface area contributed by atoms with Crippen molar-refractivity contribution in [3.8, 4) is 0 Å². The first-order valence-electron chi connectivity index (χ1n) is 9.69. The lowest BCUT2D eigenvalue weighted by atomic mass is 9.92. The van der Waals surface area contributed by atoms with E-state index >= 15 is 0 Å². The molecule has 8 nitrogen and oxygen atoms in total. The van der Waals surface area contributed by atoms with E-state index in [0.717, 1.165) is 0 Å². The van der Waals surface area contributed by atoms with E-state index in [4.69, 9.17) is 5.73 Å². The molecule has 1 aromatic carbocycles. The van der Waals surface area contributed by atoms with Gasteiger partial charge in [0.05, 0.1) is 6.20 Å². The molecule has 2 heterocycles. The summed E-state index contributed by atoms with van der Waals surface area (Å²) in [6.45, 7) is 7.20. The normalized spacial score (nSPS) is 20.1. The van der Waals surface area contributed by atoms with Crippen LogP contribution in [0.25, 0.3) is 0 Å². The zero-order valence-electron chi connectivity index (χ0n) is 18.4. The summed E-state index contributed by atoms with van der Waals surface area (Å²) in [7, 11) is 1.68. The highest BCUT2D eigenvalue weighted by atomic mass is 32.2. The van der Waals surface area contributed by atoms with Crippen molar-refractivity contribution in [3.63, 3.8) is 0 Å². The molecule has 0 bridgehead atoms. The van der Waals surface area contributed by atoms with Gasteiger partial charge in [0, 0.05) is 24.5 Å². The van der Waals surface area contributed by atoms with Crippen LogP contribution < -0.4 is 16.5 Å². The number of hydrogen-bond donors (Lipinski definition) is 2. The van der Waals surface area contributed by atoms with Crippen LogP contribution in [0.3, 0.4) is 0 Å². The third kappa shape index (κ3) is 5.40. The summed E-state index contributed by atoms with van der Waals surface area (Å²) >= 11 is -0.202. The number of anilines is 1. The second-order valence-corrected chi connectivity index (χ2v) is 11.2. The number of thioether (sulfide) groups is 1. The molecular weight excluding hydrogens is 451 g/mol. The fourth-order valence-electron chi connectivity index (χ4n) is 2.79. The lowest BCUT2D eigenvalue weighted by Crippen LogP contribution is -2.30. The number of halogens is 1. The van der Waals surface area contributed by atoms with Gasteiger partial charge in [-0.1, -0.05) is 11.8 Å². The summed E-state index contributed by atoms with van der Waals surface area (Å²) < 4.78 is 32.0. The number of hydrogen-bond acceptors (Lipinski definition) is 7. The summed E-state index contributed by atoms with van der Waals surface area (Å²) in [5, 5.41) is 4.82. The van der Waals surface area contributed by atoms with Crippen LogP contribution in [-0.2, 0) is 23.9 Å². The van der Waals surface area contributed by atoms with Gasteiger partial charge < -0.3 is 20.2 Å². The molecule has 3 rings (SSSR count). The maximum absolute atomic E-state index is 14.6. The minimum absolute atomic E-state index is 0.126. The number of aromatic nitrogens is 2. The number of aryl methyl sites for hydroxylation is 1. The van der Waals surface area contributed by atoms with Gasteiger partial charge in [0.2, 0.25) is 5.49 Å². The highest BCUT2D eigenvalue weighted by molar-refractivity contribution is 8.16. The summed E-state index contributed by atoms with van der Waals surface area (Å²) in [6.07, 6.45) is 4.63. The Morgan fingerprint density at radius 3 is 2.75 bits per heavy atom. The van der Waals surface area contributed by atoms with Gasteiger partial charge in [0.1, 0.15) is 33.2 Å². The Morgan fingerprint density at radius 1 is 1.41 bits per heavy atom. The van der Waals surface area contributed by atoms with Gasteiger partial charge in [0.15, 0.2) is 5.17 Å². The second-order valence-electron chi connectivity index (χ2n) is 8.36. The highest BCUT2D eigenvalue weighted by Gasteiger charge is 2.29. The Kier molecular flexibility index (Phi) is 6.82. The number of carbonyl (C=O) groups excluding carboxylic acids is 1. The van der Waals surface area contributed by atoms with Crippen molar-refractivity contribution in [1.82, 2.24) is 9.55 Å². The number of nitrogens with zero attached hydrogens (tertiary/aromatic N) is 4. The van der Waals surface area contributed by atoms with E-state index in [1.165, 1.54) is 42.4 Å². The Hall–Kier alpha value is -2.63. The summed E-state index contributed by atoms with van der Waals surface area (Å²) in [5.41, 5.74) is 6.01. The Bertz CT molecular complexity index is 1170. The molecule has 0 radical (unpaired) electrons. The first kappa shape index (κ1) is 24.0. The molecule has 0 aliphatic carbocycles. The molecular formula is C21H25FN6O2S2. The minimum Gasteiger partial charge on any atom is -0.591 e. The van der Waals surface area contributed by atoms with E-state index < -0.39 is 33.4 Å². The molecule has 32 heavy (non-hydrogen) atoms. The van der Waals surface area contributed by atoms with E-state index in [2.05, 4.69) is 19.7 Å². The van der Waals surface area contributed by atoms with E-state index in [1.807, 2.05) is 20.8 Å².